The van der Waals surface area contributed by atoms with E-state index in [1.54, 1.807) is 6.92 Å². The Labute approximate surface area is 129 Å². The van der Waals surface area contributed by atoms with E-state index in [0.29, 0.717) is 6.54 Å². The highest BCUT2D eigenvalue weighted by Crippen LogP contribution is 2.40. The van der Waals surface area contributed by atoms with Crippen molar-refractivity contribution in [3.63, 3.8) is 0 Å². The van der Waals surface area contributed by atoms with Gasteiger partial charge < -0.3 is 9.88 Å². The Morgan fingerprint density at radius 2 is 1.91 bits per heavy atom. The van der Waals surface area contributed by atoms with E-state index in [-0.39, 0.29) is 5.91 Å². The molecule has 0 aliphatic carbocycles. The second-order valence-electron chi connectivity index (χ2n) is 5.82. The summed E-state index contributed by atoms with van der Waals surface area (Å²) < 4.78 is 2.41. The van der Waals surface area contributed by atoms with Gasteiger partial charge in [0, 0.05) is 36.5 Å². The molecule has 22 heavy (non-hydrogen) atoms. The zero-order chi connectivity index (χ0) is 15.1. The average Bonchev–Trinajstić information content (AvgIpc) is 3.03. The normalized spacial score (nSPS) is 12.2. The number of hydrogen-bond acceptors (Lipinski definition) is 1. The third-order valence-electron chi connectivity index (χ3n) is 4.43. The van der Waals surface area contributed by atoms with E-state index in [9.17, 15) is 4.79 Å². The molecule has 4 rings (SSSR count). The van der Waals surface area contributed by atoms with Gasteiger partial charge in [0.25, 0.3) is 0 Å². The molecule has 0 atom stereocenters. The zero-order valence-corrected chi connectivity index (χ0v) is 12.6. The smallest absolute Gasteiger partial charge is 0.216 e. The van der Waals surface area contributed by atoms with Crippen LogP contribution in [0.2, 0.25) is 0 Å². The number of hydrogen-bond donors (Lipinski definition) is 1. The first kappa shape index (κ1) is 13.1. The standard InChI is InChI=1S/C19H18N2O/c1-13(22)20-11-10-17-16-8-4-5-9-18(16)21-12-14-6-2-3-7-15(14)19(17)21/h2-9H,10-12H2,1H3,(H,20,22). The molecule has 2 aromatic carbocycles. The minimum absolute atomic E-state index is 0.0283. The van der Waals surface area contributed by atoms with Crippen LogP contribution in [-0.2, 0) is 17.8 Å². The maximum Gasteiger partial charge on any atom is 0.216 e. The molecule has 0 spiro atoms. The molecule has 3 heteroatoms. The van der Waals surface area contributed by atoms with Crippen LogP contribution < -0.4 is 5.32 Å². The Balaban J connectivity index is 1.87. The number of rotatable bonds is 3. The molecule has 0 radical (unpaired) electrons. The maximum atomic E-state index is 11.2. The molecular formula is C19H18N2O. The Morgan fingerprint density at radius 1 is 1.14 bits per heavy atom. The summed E-state index contributed by atoms with van der Waals surface area (Å²) in [5, 5.41) is 4.22. The fourth-order valence-electron chi connectivity index (χ4n) is 3.52. The van der Waals surface area contributed by atoms with Crippen molar-refractivity contribution in [2.24, 2.45) is 0 Å². The summed E-state index contributed by atoms with van der Waals surface area (Å²) in [6.45, 7) is 3.18. The van der Waals surface area contributed by atoms with Gasteiger partial charge in [0.2, 0.25) is 5.91 Å². The number of amides is 1. The Kier molecular flexibility index (Phi) is 3.00. The van der Waals surface area contributed by atoms with Crippen LogP contribution in [0, 0.1) is 0 Å². The Bertz CT molecular complexity index is 876. The van der Waals surface area contributed by atoms with Gasteiger partial charge >= 0.3 is 0 Å². The molecule has 1 N–H and O–H groups in total. The largest absolute Gasteiger partial charge is 0.356 e. The molecule has 1 aliphatic heterocycles. The van der Waals surface area contributed by atoms with Crippen LogP contribution in [0.3, 0.4) is 0 Å². The molecule has 0 saturated heterocycles. The van der Waals surface area contributed by atoms with Crippen LogP contribution in [0.5, 0.6) is 0 Å². The summed E-state index contributed by atoms with van der Waals surface area (Å²) in [7, 11) is 0. The van der Waals surface area contributed by atoms with Crippen LogP contribution in [0.25, 0.3) is 22.2 Å². The molecule has 0 bridgehead atoms. The summed E-state index contributed by atoms with van der Waals surface area (Å²) in [5.41, 5.74) is 6.66. The van der Waals surface area contributed by atoms with Crippen molar-refractivity contribution in [2.75, 3.05) is 6.54 Å². The summed E-state index contributed by atoms with van der Waals surface area (Å²) >= 11 is 0. The number of para-hydroxylation sites is 1. The molecule has 110 valence electrons. The van der Waals surface area contributed by atoms with Crippen molar-refractivity contribution in [3.8, 4) is 11.3 Å². The van der Waals surface area contributed by atoms with Crippen molar-refractivity contribution in [1.29, 1.82) is 0 Å². The molecule has 3 nitrogen and oxygen atoms in total. The van der Waals surface area contributed by atoms with Gasteiger partial charge in [-0.1, -0.05) is 42.5 Å². The molecule has 1 amide bonds. The molecule has 0 fully saturated rings. The molecule has 3 aromatic rings. The predicted octanol–water partition coefficient (Wildman–Crippen LogP) is 3.35. The maximum absolute atomic E-state index is 11.2. The van der Waals surface area contributed by atoms with E-state index in [0.717, 1.165) is 13.0 Å². The number of nitrogens with one attached hydrogen (secondary N) is 1. The Morgan fingerprint density at radius 3 is 2.77 bits per heavy atom. The van der Waals surface area contributed by atoms with E-state index < -0.39 is 0 Å². The van der Waals surface area contributed by atoms with Crippen molar-refractivity contribution in [1.82, 2.24) is 9.88 Å². The van der Waals surface area contributed by atoms with Gasteiger partial charge in [-0.15, -0.1) is 0 Å². The first-order valence-corrected chi connectivity index (χ1v) is 7.68. The summed E-state index contributed by atoms with van der Waals surface area (Å²) in [6.07, 6.45) is 0.858. The first-order valence-electron chi connectivity index (χ1n) is 7.68. The van der Waals surface area contributed by atoms with Crippen molar-refractivity contribution in [3.05, 3.63) is 59.7 Å². The molecular weight excluding hydrogens is 272 g/mol. The van der Waals surface area contributed by atoms with Crippen LogP contribution in [0.1, 0.15) is 18.1 Å². The van der Waals surface area contributed by atoms with E-state index >= 15 is 0 Å². The second kappa shape index (κ2) is 5.02. The fraction of sp³-hybridized carbons (Fsp3) is 0.211. The van der Waals surface area contributed by atoms with Crippen molar-refractivity contribution >= 4 is 16.8 Å². The van der Waals surface area contributed by atoms with Crippen LogP contribution >= 0.6 is 0 Å². The summed E-state index contributed by atoms with van der Waals surface area (Å²) in [6, 6.07) is 17.2. The number of fused-ring (bicyclic) bond motifs is 5. The second-order valence-corrected chi connectivity index (χ2v) is 5.82. The third-order valence-corrected chi connectivity index (χ3v) is 4.43. The monoisotopic (exact) mass is 290 g/mol. The lowest BCUT2D eigenvalue weighted by atomic mass is 10.0. The summed E-state index contributed by atoms with van der Waals surface area (Å²) in [5.74, 6) is 0.0283. The van der Waals surface area contributed by atoms with E-state index in [2.05, 4.69) is 58.4 Å². The lowest BCUT2D eigenvalue weighted by Crippen LogP contribution is -2.22. The number of carbonyl (C=O) groups is 1. The minimum Gasteiger partial charge on any atom is -0.356 e. The SMILES string of the molecule is CC(=O)NCCc1c2n(c3ccccc13)Cc1ccccc1-2. The highest BCUT2D eigenvalue weighted by molar-refractivity contribution is 5.94. The average molecular weight is 290 g/mol. The highest BCUT2D eigenvalue weighted by atomic mass is 16.1. The number of aromatic nitrogens is 1. The van der Waals surface area contributed by atoms with Gasteiger partial charge in [-0.3, -0.25) is 4.79 Å². The lowest BCUT2D eigenvalue weighted by Gasteiger charge is -2.06. The Hall–Kier alpha value is -2.55. The molecule has 0 saturated carbocycles. The van der Waals surface area contributed by atoms with Crippen LogP contribution in [0.4, 0.5) is 0 Å². The fourth-order valence-corrected chi connectivity index (χ4v) is 3.52. The van der Waals surface area contributed by atoms with Gasteiger partial charge in [-0.05, 0) is 23.6 Å². The summed E-state index contributed by atoms with van der Waals surface area (Å²) in [4.78, 5) is 11.2. The topological polar surface area (TPSA) is 34.0 Å². The van der Waals surface area contributed by atoms with Crippen molar-refractivity contribution < 1.29 is 4.79 Å². The third kappa shape index (κ3) is 1.93. The van der Waals surface area contributed by atoms with Crippen molar-refractivity contribution in [2.45, 2.75) is 19.9 Å². The lowest BCUT2D eigenvalue weighted by molar-refractivity contribution is -0.118. The molecule has 1 aromatic heterocycles. The van der Waals surface area contributed by atoms with Gasteiger partial charge in [-0.25, -0.2) is 0 Å². The van der Waals surface area contributed by atoms with Gasteiger partial charge in [-0.2, -0.15) is 0 Å². The highest BCUT2D eigenvalue weighted by Gasteiger charge is 2.25. The van der Waals surface area contributed by atoms with Gasteiger partial charge in [0.15, 0.2) is 0 Å². The van der Waals surface area contributed by atoms with Crippen LogP contribution in [0.15, 0.2) is 48.5 Å². The first-order chi connectivity index (χ1) is 10.8. The van der Waals surface area contributed by atoms with E-state index in [1.165, 1.54) is 33.3 Å². The number of nitrogens with zero attached hydrogens (tertiary/aromatic N) is 1. The number of carbonyl (C=O) groups excluding carboxylic acids is 1. The van der Waals surface area contributed by atoms with E-state index in [1.807, 2.05) is 0 Å². The quantitative estimate of drug-likeness (QED) is 0.617. The van der Waals surface area contributed by atoms with Gasteiger partial charge in [0.1, 0.15) is 0 Å². The minimum atomic E-state index is 0.0283. The van der Waals surface area contributed by atoms with E-state index in [4.69, 9.17) is 0 Å². The molecule has 0 unspecified atom stereocenters. The van der Waals surface area contributed by atoms with Gasteiger partial charge in [0.05, 0.1) is 5.69 Å². The number of benzene rings is 2. The zero-order valence-electron chi connectivity index (χ0n) is 12.6. The molecule has 2 heterocycles. The van der Waals surface area contributed by atoms with Crippen LogP contribution in [-0.4, -0.2) is 17.0 Å². The molecule has 1 aliphatic rings. The predicted molar refractivity (Wildman–Crippen MR) is 88.9 cm³/mol.